The van der Waals surface area contributed by atoms with Gasteiger partial charge in [0, 0.05) is 19.6 Å². The average molecular weight is 250 g/mol. The summed E-state index contributed by atoms with van der Waals surface area (Å²) in [7, 11) is 1.66. The lowest BCUT2D eigenvalue weighted by atomic mass is 10.1. The number of nitrogens with two attached hydrogens (primary N) is 1. The van der Waals surface area contributed by atoms with Gasteiger partial charge in [-0.05, 0) is 24.7 Å². The van der Waals surface area contributed by atoms with E-state index in [0.29, 0.717) is 19.2 Å². The Bertz CT molecular complexity index is 376. The molecule has 1 rings (SSSR count). The minimum absolute atomic E-state index is 0.0508. The second-order valence-electron chi connectivity index (χ2n) is 3.83. The Balaban J connectivity index is 2.99. The second-order valence-corrected chi connectivity index (χ2v) is 3.83. The van der Waals surface area contributed by atoms with Crippen LogP contribution in [-0.2, 0) is 12.7 Å². The van der Waals surface area contributed by atoms with Gasteiger partial charge in [-0.3, -0.25) is 0 Å². The smallest absolute Gasteiger partial charge is 0.329 e. The van der Waals surface area contributed by atoms with Crippen molar-refractivity contribution in [1.29, 1.82) is 0 Å². The van der Waals surface area contributed by atoms with E-state index >= 15 is 0 Å². The second kappa shape index (κ2) is 5.46. The molecule has 0 saturated carbocycles. The summed E-state index contributed by atoms with van der Waals surface area (Å²) in [6.45, 7) is 0.931. The fourth-order valence-corrected chi connectivity index (χ4v) is 1.54. The highest BCUT2D eigenvalue weighted by Crippen LogP contribution is 2.32. The van der Waals surface area contributed by atoms with E-state index in [4.69, 9.17) is 5.73 Å². The number of benzene rings is 1. The van der Waals surface area contributed by atoms with Gasteiger partial charge in [0.2, 0.25) is 0 Å². The first-order chi connectivity index (χ1) is 7.84. The van der Waals surface area contributed by atoms with Gasteiger partial charge in [0.25, 0.3) is 0 Å². The van der Waals surface area contributed by atoms with Gasteiger partial charge in [0.15, 0.2) is 0 Å². The maximum Gasteiger partial charge on any atom is 0.416 e. The average Bonchev–Trinajstić information content (AvgIpc) is 2.19. The summed E-state index contributed by atoms with van der Waals surface area (Å²) in [5.74, 6) is -0.887. The zero-order chi connectivity index (χ0) is 13.1. The van der Waals surface area contributed by atoms with Crippen LogP contribution < -0.4 is 5.73 Å². The molecule has 17 heavy (non-hydrogen) atoms. The number of nitrogens with zero attached hydrogens (tertiary/aromatic N) is 1. The molecular weight excluding hydrogens is 236 g/mol. The number of halogens is 4. The highest BCUT2D eigenvalue weighted by atomic mass is 19.4. The molecule has 1 aromatic carbocycles. The van der Waals surface area contributed by atoms with Gasteiger partial charge in [-0.1, -0.05) is 6.07 Å². The highest BCUT2D eigenvalue weighted by Gasteiger charge is 2.33. The molecule has 0 aromatic heterocycles. The van der Waals surface area contributed by atoms with Crippen LogP contribution in [0.25, 0.3) is 0 Å². The number of rotatable bonds is 4. The molecule has 0 aliphatic rings. The van der Waals surface area contributed by atoms with Crippen molar-refractivity contribution in [1.82, 2.24) is 4.90 Å². The van der Waals surface area contributed by atoms with Crippen molar-refractivity contribution >= 4 is 0 Å². The molecule has 0 aliphatic carbocycles. The summed E-state index contributed by atoms with van der Waals surface area (Å²) in [5.41, 5.74) is 4.43. The molecule has 0 atom stereocenters. The molecule has 0 heterocycles. The predicted molar refractivity (Wildman–Crippen MR) is 56.8 cm³/mol. The molecule has 0 spiro atoms. The van der Waals surface area contributed by atoms with Gasteiger partial charge in [-0.25, -0.2) is 4.39 Å². The van der Waals surface area contributed by atoms with Gasteiger partial charge in [0.1, 0.15) is 5.82 Å². The van der Waals surface area contributed by atoms with Crippen molar-refractivity contribution in [2.24, 2.45) is 5.73 Å². The zero-order valence-corrected chi connectivity index (χ0v) is 9.39. The molecule has 0 fully saturated rings. The van der Waals surface area contributed by atoms with Gasteiger partial charge in [0.05, 0.1) is 5.56 Å². The van der Waals surface area contributed by atoms with Crippen molar-refractivity contribution in [3.05, 3.63) is 35.1 Å². The van der Waals surface area contributed by atoms with E-state index in [1.165, 1.54) is 0 Å². The first-order valence-electron chi connectivity index (χ1n) is 5.09. The highest BCUT2D eigenvalue weighted by molar-refractivity contribution is 5.30. The predicted octanol–water partition coefficient (Wildman–Crippen LogP) is 2.24. The van der Waals surface area contributed by atoms with E-state index in [2.05, 4.69) is 0 Å². The molecule has 6 heteroatoms. The third kappa shape index (κ3) is 3.98. The first kappa shape index (κ1) is 13.9. The Kier molecular flexibility index (Phi) is 4.47. The Hall–Kier alpha value is -1.14. The van der Waals surface area contributed by atoms with Crippen molar-refractivity contribution < 1.29 is 17.6 Å². The van der Waals surface area contributed by atoms with Crippen molar-refractivity contribution in [3.63, 3.8) is 0 Å². The molecule has 0 saturated heterocycles. The summed E-state index contributed by atoms with van der Waals surface area (Å²) in [4.78, 5) is 1.66. The van der Waals surface area contributed by atoms with Crippen LogP contribution in [0.4, 0.5) is 17.6 Å². The van der Waals surface area contributed by atoms with Crippen LogP contribution in [0.15, 0.2) is 18.2 Å². The largest absolute Gasteiger partial charge is 0.416 e. The quantitative estimate of drug-likeness (QED) is 0.830. The molecule has 0 radical (unpaired) electrons. The Morgan fingerprint density at radius 1 is 1.29 bits per heavy atom. The van der Waals surface area contributed by atoms with Gasteiger partial charge in [-0.2, -0.15) is 13.2 Å². The third-order valence-electron chi connectivity index (χ3n) is 2.33. The molecule has 2 N–H and O–H groups in total. The zero-order valence-electron chi connectivity index (χ0n) is 9.39. The van der Waals surface area contributed by atoms with Crippen molar-refractivity contribution in [2.45, 2.75) is 12.7 Å². The molecule has 0 aliphatic heterocycles. The summed E-state index contributed by atoms with van der Waals surface area (Å²) in [6, 6.07) is 2.71. The third-order valence-corrected chi connectivity index (χ3v) is 2.33. The lowest BCUT2D eigenvalue weighted by Crippen LogP contribution is -2.26. The number of alkyl halides is 3. The summed E-state index contributed by atoms with van der Waals surface area (Å²) >= 11 is 0. The molecule has 0 unspecified atom stereocenters. The van der Waals surface area contributed by atoms with Gasteiger partial charge in [-0.15, -0.1) is 0 Å². The van der Waals surface area contributed by atoms with E-state index in [1.54, 1.807) is 11.9 Å². The van der Waals surface area contributed by atoms with Crippen LogP contribution in [0.3, 0.4) is 0 Å². The maximum atomic E-state index is 12.8. The fraction of sp³-hybridized carbons (Fsp3) is 0.455. The van der Waals surface area contributed by atoms with Crippen LogP contribution >= 0.6 is 0 Å². The Morgan fingerprint density at radius 2 is 1.94 bits per heavy atom. The minimum atomic E-state index is -4.54. The topological polar surface area (TPSA) is 29.3 Å². The number of likely N-dealkylation sites (N-methyl/N-ethyl adjacent to an activating group) is 1. The van der Waals surface area contributed by atoms with E-state index < -0.39 is 17.6 Å². The van der Waals surface area contributed by atoms with Crippen LogP contribution in [0.5, 0.6) is 0 Å². The standard InChI is InChI=1S/C11H14F4N2/c1-17(5-4-16)7-8-2-3-9(12)6-10(8)11(13,14)15/h2-3,6H,4-5,7,16H2,1H3. The lowest BCUT2D eigenvalue weighted by Gasteiger charge is -2.19. The first-order valence-corrected chi connectivity index (χ1v) is 5.09. The van der Waals surface area contributed by atoms with Crippen LogP contribution in [0, 0.1) is 5.82 Å². The maximum absolute atomic E-state index is 12.8. The van der Waals surface area contributed by atoms with E-state index in [-0.39, 0.29) is 12.1 Å². The molecule has 1 aromatic rings. The Labute approximate surface area is 97.0 Å². The van der Waals surface area contributed by atoms with E-state index in [1.807, 2.05) is 0 Å². The lowest BCUT2D eigenvalue weighted by molar-refractivity contribution is -0.138. The summed E-state index contributed by atoms with van der Waals surface area (Å²) in [6.07, 6.45) is -4.54. The summed E-state index contributed by atoms with van der Waals surface area (Å²) in [5, 5.41) is 0. The van der Waals surface area contributed by atoms with Crippen LogP contribution in [0.2, 0.25) is 0 Å². The normalized spacial score (nSPS) is 12.2. The van der Waals surface area contributed by atoms with Gasteiger partial charge < -0.3 is 10.6 Å². The monoisotopic (exact) mass is 250 g/mol. The number of hydrogen-bond donors (Lipinski definition) is 1. The van der Waals surface area contributed by atoms with Crippen LogP contribution in [0.1, 0.15) is 11.1 Å². The summed E-state index contributed by atoms with van der Waals surface area (Å²) < 4.78 is 50.8. The van der Waals surface area contributed by atoms with E-state index in [9.17, 15) is 17.6 Å². The van der Waals surface area contributed by atoms with Crippen LogP contribution in [-0.4, -0.2) is 25.0 Å². The van der Waals surface area contributed by atoms with Gasteiger partial charge >= 0.3 is 6.18 Å². The molecule has 96 valence electrons. The fourth-order valence-electron chi connectivity index (χ4n) is 1.54. The number of hydrogen-bond acceptors (Lipinski definition) is 2. The molecule has 0 amide bonds. The minimum Gasteiger partial charge on any atom is -0.329 e. The SMILES string of the molecule is CN(CCN)Cc1ccc(F)cc1C(F)(F)F. The Morgan fingerprint density at radius 3 is 2.47 bits per heavy atom. The van der Waals surface area contributed by atoms with Crippen molar-refractivity contribution in [3.8, 4) is 0 Å². The molecule has 2 nitrogen and oxygen atoms in total. The van der Waals surface area contributed by atoms with Crippen molar-refractivity contribution in [2.75, 3.05) is 20.1 Å². The molecular formula is C11H14F4N2. The molecule has 0 bridgehead atoms. The van der Waals surface area contributed by atoms with E-state index in [0.717, 1.165) is 12.1 Å².